The number of hydrogen-bond acceptors (Lipinski definition) is 3. The Labute approximate surface area is 106 Å². The predicted octanol–water partition coefficient (Wildman–Crippen LogP) is 3.49. The van der Waals surface area contributed by atoms with Gasteiger partial charge in [0.15, 0.2) is 0 Å². The van der Waals surface area contributed by atoms with E-state index in [9.17, 15) is 0 Å². The molecule has 0 fully saturated rings. The first-order valence-electron chi connectivity index (χ1n) is 4.44. The third-order valence-electron chi connectivity index (χ3n) is 1.74. The van der Waals surface area contributed by atoms with Gasteiger partial charge in [-0.05, 0) is 11.0 Å². The van der Waals surface area contributed by atoms with Crippen LogP contribution in [0, 0.1) is 0 Å². The Morgan fingerprint density at radius 3 is 2.40 bits per heavy atom. The van der Waals surface area contributed by atoms with E-state index in [-0.39, 0.29) is 0 Å². The predicted molar refractivity (Wildman–Crippen MR) is 77.3 cm³/mol. The molecule has 0 amide bonds. The van der Waals surface area contributed by atoms with Gasteiger partial charge >= 0.3 is 0 Å². The first-order chi connectivity index (χ1) is 7.15. The fourth-order valence-electron chi connectivity index (χ4n) is 0.948. The molecule has 0 heterocycles. The summed E-state index contributed by atoms with van der Waals surface area (Å²) in [5.41, 5.74) is 1.14. The van der Waals surface area contributed by atoms with E-state index < -0.39 is 0 Å². The SMILES string of the molecule is CN(C)C(=S)S/C(=C/S)c1ccccc1. The van der Waals surface area contributed by atoms with E-state index in [1.807, 2.05) is 49.3 Å². The molecule has 4 heteroatoms. The molecule has 15 heavy (non-hydrogen) atoms. The number of benzene rings is 1. The summed E-state index contributed by atoms with van der Waals surface area (Å²) in [6.45, 7) is 0. The Bertz CT molecular complexity index is 357. The van der Waals surface area contributed by atoms with Crippen molar-refractivity contribution in [1.29, 1.82) is 0 Å². The lowest BCUT2D eigenvalue weighted by molar-refractivity contribution is 0.648. The Hall–Kier alpha value is -0.450. The minimum Gasteiger partial charge on any atom is -0.363 e. The van der Waals surface area contributed by atoms with Crippen LogP contribution in [0.3, 0.4) is 0 Å². The van der Waals surface area contributed by atoms with Crippen LogP contribution in [-0.2, 0) is 0 Å². The van der Waals surface area contributed by atoms with E-state index in [1.165, 1.54) is 0 Å². The second-order valence-corrected chi connectivity index (χ2v) is 5.06. The highest BCUT2D eigenvalue weighted by Gasteiger charge is 2.06. The molecule has 0 aromatic heterocycles. The molecule has 0 spiro atoms. The fraction of sp³-hybridized carbons (Fsp3) is 0.182. The van der Waals surface area contributed by atoms with Crippen LogP contribution >= 0.6 is 36.6 Å². The topological polar surface area (TPSA) is 3.24 Å². The van der Waals surface area contributed by atoms with Crippen LogP contribution in [0.5, 0.6) is 0 Å². The van der Waals surface area contributed by atoms with Gasteiger partial charge in [-0.2, -0.15) is 12.6 Å². The second kappa shape index (κ2) is 6.20. The van der Waals surface area contributed by atoms with Crippen molar-refractivity contribution in [2.75, 3.05) is 14.1 Å². The van der Waals surface area contributed by atoms with Crippen molar-refractivity contribution in [3.05, 3.63) is 41.3 Å². The molecule has 80 valence electrons. The quantitative estimate of drug-likeness (QED) is 0.637. The lowest BCUT2D eigenvalue weighted by Gasteiger charge is -2.14. The molecule has 1 rings (SSSR count). The Morgan fingerprint density at radius 1 is 1.33 bits per heavy atom. The first kappa shape index (κ1) is 12.6. The molecule has 1 aromatic rings. The molecule has 1 nitrogen and oxygen atoms in total. The summed E-state index contributed by atoms with van der Waals surface area (Å²) in [4.78, 5) is 2.98. The van der Waals surface area contributed by atoms with Crippen molar-refractivity contribution in [3.63, 3.8) is 0 Å². The van der Waals surface area contributed by atoms with Gasteiger partial charge in [0.1, 0.15) is 4.32 Å². The van der Waals surface area contributed by atoms with Crippen LogP contribution in [-0.4, -0.2) is 23.3 Å². The van der Waals surface area contributed by atoms with Gasteiger partial charge in [-0.3, -0.25) is 0 Å². The van der Waals surface area contributed by atoms with Gasteiger partial charge < -0.3 is 4.90 Å². The molecular formula is C11H13NS3. The zero-order valence-corrected chi connectivity index (χ0v) is 11.2. The maximum Gasteiger partial charge on any atom is 0.140 e. The molecule has 0 unspecified atom stereocenters. The lowest BCUT2D eigenvalue weighted by atomic mass is 10.2. The molecule has 0 radical (unpaired) electrons. The van der Waals surface area contributed by atoms with E-state index in [2.05, 4.69) is 12.6 Å². The molecule has 0 aliphatic heterocycles. The van der Waals surface area contributed by atoms with Crippen molar-refractivity contribution in [2.24, 2.45) is 0 Å². The van der Waals surface area contributed by atoms with Crippen LogP contribution < -0.4 is 0 Å². The van der Waals surface area contributed by atoms with Crippen LogP contribution in [0.2, 0.25) is 0 Å². The normalized spacial score (nSPS) is 11.3. The minimum atomic E-state index is 0.833. The van der Waals surface area contributed by atoms with Crippen LogP contribution in [0.1, 0.15) is 5.56 Å². The summed E-state index contributed by atoms with van der Waals surface area (Å²) in [6.07, 6.45) is 0. The van der Waals surface area contributed by atoms with Gasteiger partial charge in [-0.15, -0.1) is 0 Å². The number of thiocarbonyl (C=S) groups is 1. The van der Waals surface area contributed by atoms with Crippen molar-refractivity contribution < 1.29 is 0 Å². The second-order valence-electron chi connectivity index (χ2n) is 3.12. The molecule has 0 bridgehead atoms. The van der Waals surface area contributed by atoms with Gasteiger partial charge in [0, 0.05) is 19.0 Å². The highest BCUT2D eigenvalue weighted by Crippen LogP contribution is 2.29. The third kappa shape index (κ3) is 3.89. The summed E-state index contributed by atoms with van der Waals surface area (Å²) >= 11 is 11.0. The minimum absolute atomic E-state index is 0.833. The highest BCUT2D eigenvalue weighted by atomic mass is 32.2. The monoisotopic (exact) mass is 255 g/mol. The zero-order valence-electron chi connectivity index (χ0n) is 8.68. The average Bonchev–Trinajstić information content (AvgIpc) is 2.26. The van der Waals surface area contributed by atoms with Gasteiger partial charge in [-0.1, -0.05) is 54.3 Å². The molecule has 0 N–H and O–H groups in total. The van der Waals surface area contributed by atoms with Gasteiger partial charge in [0.2, 0.25) is 0 Å². The zero-order chi connectivity index (χ0) is 11.3. The number of nitrogens with zero attached hydrogens (tertiary/aromatic N) is 1. The Balaban J connectivity index is 2.79. The molecule has 0 aliphatic rings. The Kier molecular flexibility index (Phi) is 5.22. The summed E-state index contributed by atoms with van der Waals surface area (Å²) in [5.74, 6) is 0. The van der Waals surface area contributed by atoms with Gasteiger partial charge in [0.25, 0.3) is 0 Å². The van der Waals surface area contributed by atoms with Gasteiger partial charge in [-0.25, -0.2) is 0 Å². The average molecular weight is 255 g/mol. The molecule has 0 aliphatic carbocycles. The van der Waals surface area contributed by atoms with Crippen molar-refractivity contribution in [1.82, 2.24) is 4.90 Å². The van der Waals surface area contributed by atoms with Crippen LogP contribution in [0.4, 0.5) is 0 Å². The van der Waals surface area contributed by atoms with Crippen molar-refractivity contribution in [3.8, 4) is 0 Å². The van der Waals surface area contributed by atoms with Gasteiger partial charge in [0.05, 0.1) is 0 Å². The highest BCUT2D eigenvalue weighted by molar-refractivity contribution is 8.29. The van der Waals surface area contributed by atoms with E-state index in [0.717, 1.165) is 14.8 Å². The molecule has 0 atom stereocenters. The van der Waals surface area contributed by atoms with Crippen LogP contribution in [0.15, 0.2) is 35.7 Å². The standard InChI is InChI=1S/C11H13NS3/c1-12(2)11(14)15-10(8-13)9-6-4-3-5-7-9/h3-8,13H,1-2H3/b10-8+. The number of thiol groups is 1. The maximum absolute atomic E-state index is 5.23. The summed E-state index contributed by atoms with van der Waals surface area (Å²) in [5, 5.41) is 1.79. The number of thioether (sulfide) groups is 1. The number of rotatable bonds is 2. The molecule has 0 saturated carbocycles. The lowest BCUT2D eigenvalue weighted by Crippen LogP contribution is -2.15. The third-order valence-corrected chi connectivity index (χ3v) is 3.90. The molecular weight excluding hydrogens is 242 g/mol. The smallest absolute Gasteiger partial charge is 0.140 e. The van der Waals surface area contributed by atoms with E-state index in [1.54, 1.807) is 17.2 Å². The van der Waals surface area contributed by atoms with E-state index in [4.69, 9.17) is 12.2 Å². The summed E-state index contributed by atoms with van der Waals surface area (Å²) in [6, 6.07) is 10.1. The maximum atomic E-state index is 5.23. The first-order valence-corrected chi connectivity index (χ1v) is 6.18. The fourth-order valence-corrected chi connectivity index (χ4v) is 2.20. The van der Waals surface area contributed by atoms with Crippen LogP contribution in [0.25, 0.3) is 4.91 Å². The van der Waals surface area contributed by atoms with Crippen molar-refractivity contribution >= 4 is 45.8 Å². The summed E-state index contributed by atoms with van der Waals surface area (Å²) < 4.78 is 0.833. The van der Waals surface area contributed by atoms with E-state index in [0.29, 0.717) is 0 Å². The largest absolute Gasteiger partial charge is 0.363 e. The van der Waals surface area contributed by atoms with E-state index >= 15 is 0 Å². The molecule has 0 saturated heterocycles. The molecule has 1 aromatic carbocycles. The number of hydrogen-bond donors (Lipinski definition) is 1. The Morgan fingerprint density at radius 2 is 1.93 bits per heavy atom. The van der Waals surface area contributed by atoms with Crippen molar-refractivity contribution in [2.45, 2.75) is 0 Å². The summed E-state index contributed by atoms with van der Waals surface area (Å²) in [7, 11) is 3.88.